The van der Waals surface area contributed by atoms with Crippen LogP contribution in [0.3, 0.4) is 0 Å². The van der Waals surface area contributed by atoms with Crippen LogP contribution in [0.25, 0.3) is 16.6 Å². The number of H-pyrrole nitrogens is 1. The first-order valence-corrected chi connectivity index (χ1v) is 9.13. The molecule has 1 atom stereocenters. The minimum Gasteiger partial charge on any atom is -0.345 e. The molecule has 28 heavy (non-hydrogen) atoms. The van der Waals surface area contributed by atoms with Crippen molar-refractivity contribution in [2.24, 2.45) is 0 Å². The first-order chi connectivity index (χ1) is 13.5. The highest BCUT2D eigenvalue weighted by molar-refractivity contribution is 6.07. The largest absolute Gasteiger partial charge is 0.345 e. The minimum atomic E-state index is -0.424. The number of aromatic amines is 1. The normalized spacial score (nSPS) is 18.1. The Morgan fingerprint density at radius 3 is 3.00 bits per heavy atom. The van der Waals surface area contributed by atoms with Crippen LogP contribution in [0.1, 0.15) is 22.3 Å². The van der Waals surface area contributed by atoms with Gasteiger partial charge in [-0.3, -0.25) is 9.59 Å². The van der Waals surface area contributed by atoms with Crippen molar-refractivity contribution in [2.45, 2.75) is 12.5 Å². The van der Waals surface area contributed by atoms with E-state index in [2.05, 4.69) is 21.5 Å². The number of hydrogen-bond donors (Lipinski definition) is 2. The lowest BCUT2D eigenvalue weighted by molar-refractivity contribution is -0.467. The number of imidazole rings is 1. The fourth-order valence-corrected chi connectivity index (χ4v) is 3.60. The summed E-state index contributed by atoms with van der Waals surface area (Å²) in [6.45, 7) is 4.30. The van der Waals surface area contributed by atoms with Gasteiger partial charge in [0.2, 0.25) is 0 Å². The molecule has 7 nitrogen and oxygen atoms in total. The first-order valence-electron chi connectivity index (χ1n) is 9.13. The van der Waals surface area contributed by atoms with Crippen LogP contribution in [0.15, 0.2) is 49.0 Å². The fraction of sp³-hybridized carbons (Fsp3) is 0.238. The van der Waals surface area contributed by atoms with Gasteiger partial charge in [-0.05, 0) is 18.6 Å². The first kappa shape index (κ1) is 17.9. The van der Waals surface area contributed by atoms with Crippen LogP contribution in [-0.4, -0.2) is 64.5 Å². The van der Waals surface area contributed by atoms with E-state index in [1.807, 2.05) is 24.4 Å². The average Bonchev–Trinajstić information content (AvgIpc) is 3.35. The van der Waals surface area contributed by atoms with Gasteiger partial charge in [-0.2, -0.15) is 0 Å². The molecule has 2 aliphatic heterocycles. The van der Waals surface area contributed by atoms with Crippen molar-refractivity contribution >= 4 is 34.6 Å². The second-order valence-corrected chi connectivity index (χ2v) is 7.06. The number of benzene rings is 1. The van der Waals surface area contributed by atoms with Gasteiger partial charge >= 0.3 is 0 Å². The molecule has 0 radical (unpaired) electrons. The molecule has 0 saturated heterocycles. The van der Waals surface area contributed by atoms with Crippen LogP contribution in [-0.2, 0) is 4.79 Å². The van der Waals surface area contributed by atoms with Crippen molar-refractivity contribution in [3.63, 3.8) is 0 Å². The van der Waals surface area contributed by atoms with E-state index in [1.165, 1.54) is 0 Å². The SMILES string of the molecule is C=CCCN1C=C(c2cc(C(=O)N(C)C)cc3[nH]cnc23)C2=CC=[NH+]C2C1=O. The van der Waals surface area contributed by atoms with Crippen molar-refractivity contribution < 1.29 is 14.6 Å². The third kappa shape index (κ3) is 2.85. The molecule has 1 unspecified atom stereocenters. The summed E-state index contributed by atoms with van der Waals surface area (Å²) >= 11 is 0. The van der Waals surface area contributed by atoms with E-state index < -0.39 is 6.04 Å². The molecule has 0 spiro atoms. The van der Waals surface area contributed by atoms with Crippen LogP contribution in [0.2, 0.25) is 0 Å². The quantitative estimate of drug-likeness (QED) is 0.745. The maximum absolute atomic E-state index is 12.8. The number of fused-ring (bicyclic) bond motifs is 2. The van der Waals surface area contributed by atoms with Crippen molar-refractivity contribution in [2.75, 3.05) is 20.6 Å². The maximum atomic E-state index is 12.8. The second-order valence-electron chi connectivity index (χ2n) is 7.06. The standard InChI is InChI=1S/C21H21N5O2/c1-4-5-8-26-11-16(14-6-7-22-19(14)21(26)28)15-9-13(20(27)25(2)3)10-17-18(15)24-12-23-17/h4,6-7,9-12,19H,1,5,8H2,2-3H3,(H,23,24)/p+1. The molecule has 2 aliphatic rings. The van der Waals surface area contributed by atoms with E-state index in [0.29, 0.717) is 18.5 Å². The molecule has 4 rings (SSSR count). The third-order valence-corrected chi connectivity index (χ3v) is 5.00. The molecule has 0 saturated carbocycles. The summed E-state index contributed by atoms with van der Waals surface area (Å²) in [5, 5.41) is 0. The molecule has 0 aliphatic carbocycles. The van der Waals surface area contributed by atoms with Crippen molar-refractivity contribution in [1.29, 1.82) is 0 Å². The number of amides is 2. The smallest absolute Gasteiger partial charge is 0.300 e. The van der Waals surface area contributed by atoms with Gasteiger partial charge in [0.15, 0.2) is 6.21 Å². The zero-order valence-electron chi connectivity index (χ0n) is 15.9. The predicted octanol–water partition coefficient (Wildman–Crippen LogP) is 0.484. The molecular weight excluding hydrogens is 354 g/mol. The number of nitrogens with one attached hydrogen (secondary N) is 2. The van der Waals surface area contributed by atoms with Gasteiger partial charge in [-0.25, -0.2) is 9.98 Å². The predicted molar refractivity (Wildman–Crippen MR) is 108 cm³/mol. The Morgan fingerprint density at radius 1 is 1.43 bits per heavy atom. The monoisotopic (exact) mass is 376 g/mol. The lowest BCUT2D eigenvalue weighted by atomic mass is 9.89. The Balaban J connectivity index is 1.89. The van der Waals surface area contributed by atoms with Gasteiger partial charge in [-0.15, -0.1) is 6.58 Å². The van der Waals surface area contributed by atoms with Gasteiger partial charge in [0.25, 0.3) is 17.9 Å². The number of nitrogens with zero attached hydrogens (tertiary/aromatic N) is 3. The van der Waals surface area contributed by atoms with Crippen LogP contribution < -0.4 is 4.99 Å². The lowest BCUT2D eigenvalue weighted by Crippen LogP contribution is -2.79. The topological polar surface area (TPSA) is 83.3 Å². The van der Waals surface area contributed by atoms with Gasteiger partial charge in [-0.1, -0.05) is 6.08 Å². The van der Waals surface area contributed by atoms with Crippen LogP contribution in [0.4, 0.5) is 0 Å². The molecule has 142 valence electrons. The molecule has 2 N–H and O–H groups in total. The highest BCUT2D eigenvalue weighted by Gasteiger charge is 2.40. The number of carbonyl (C=O) groups is 2. The number of carbonyl (C=O) groups excluding carboxylic acids is 2. The highest BCUT2D eigenvalue weighted by atomic mass is 16.2. The van der Waals surface area contributed by atoms with Gasteiger partial charge in [0, 0.05) is 55.2 Å². The van der Waals surface area contributed by atoms with Gasteiger partial charge < -0.3 is 14.8 Å². The molecule has 3 heterocycles. The van der Waals surface area contributed by atoms with E-state index in [1.54, 1.807) is 42.5 Å². The van der Waals surface area contributed by atoms with Crippen molar-refractivity contribution in [3.8, 4) is 0 Å². The van der Waals surface area contributed by atoms with Crippen LogP contribution >= 0.6 is 0 Å². The van der Waals surface area contributed by atoms with E-state index in [-0.39, 0.29) is 11.8 Å². The number of hydrogen-bond acceptors (Lipinski definition) is 3. The Kier molecular flexibility index (Phi) is 4.43. The zero-order chi connectivity index (χ0) is 19.8. The molecule has 7 heteroatoms. The molecule has 1 aromatic carbocycles. The summed E-state index contributed by atoms with van der Waals surface area (Å²) in [5.41, 5.74) is 4.73. The maximum Gasteiger partial charge on any atom is 0.300 e. The van der Waals surface area contributed by atoms with E-state index >= 15 is 0 Å². The summed E-state index contributed by atoms with van der Waals surface area (Å²) in [4.78, 5) is 39.4. The van der Waals surface area contributed by atoms with E-state index in [4.69, 9.17) is 0 Å². The molecule has 0 bridgehead atoms. The van der Waals surface area contributed by atoms with Crippen LogP contribution in [0.5, 0.6) is 0 Å². The van der Waals surface area contributed by atoms with E-state index in [0.717, 1.165) is 27.7 Å². The highest BCUT2D eigenvalue weighted by Crippen LogP contribution is 2.34. The Hall–Kier alpha value is -3.48. The summed E-state index contributed by atoms with van der Waals surface area (Å²) in [6, 6.07) is 3.24. The van der Waals surface area contributed by atoms with E-state index in [9.17, 15) is 9.59 Å². The number of rotatable bonds is 5. The Labute approximate surface area is 162 Å². The Morgan fingerprint density at radius 2 is 2.25 bits per heavy atom. The molecule has 1 aromatic heterocycles. The summed E-state index contributed by atoms with van der Waals surface area (Å²) in [5.74, 6) is -0.0835. The van der Waals surface area contributed by atoms with Crippen LogP contribution in [0, 0.1) is 0 Å². The lowest BCUT2D eigenvalue weighted by Gasteiger charge is -2.27. The molecule has 0 fully saturated rings. The Bertz CT molecular complexity index is 1070. The zero-order valence-corrected chi connectivity index (χ0v) is 15.9. The molecule has 2 amide bonds. The minimum absolute atomic E-state index is 0.00407. The van der Waals surface area contributed by atoms with Gasteiger partial charge in [0.05, 0.1) is 17.4 Å². The summed E-state index contributed by atoms with van der Waals surface area (Å²) in [6.07, 6.45) is 9.68. The van der Waals surface area contributed by atoms with Crippen molar-refractivity contribution in [3.05, 3.63) is 60.1 Å². The summed E-state index contributed by atoms with van der Waals surface area (Å²) < 4.78 is 0. The molecular formula is C21H22N5O2+. The number of allylic oxidation sites excluding steroid dienone is 1. The van der Waals surface area contributed by atoms with Crippen molar-refractivity contribution in [1.82, 2.24) is 19.8 Å². The molecule has 2 aromatic rings. The third-order valence-electron chi connectivity index (χ3n) is 5.00. The summed E-state index contributed by atoms with van der Waals surface area (Å²) in [7, 11) is 3.45. The van der Waals surface area contributed by atoms with Gasteiger partial charge in [0.1, 0.15) is 0 Å². The fourth-order valence-electron chi connectivity index (χ4n) is 3.60. The second kappa shape index (κ2) is 6.92. The number of aromatic nitrogens is 2. The average molecular weight is 376 g/mol.